The van der Waals surface area contributed by atoms with Gasteiger partial charge in [-0.25, -0.2) is 38.7 Å². The molecular formula is C109H115N9O15S6. The van der Waals surface area contributed by atoms with Crippen LogP contribution in [0.25, 0.3) is 33.4 Å². The van der Waals surface area contributed by atoms with E-state index in [1.54, 1.807) is 77.1 Å². The van der Waals surface area contributed by atoms with Crippen LogP contribution < -0.4 is 15.4 Å². The third kappa shape index (κ3) is 23.3. The zero-order valence-corrected chi connectivity index (χ0v) is 85.5. The van der Waals surface area contributed by atoms with Crippen molar-refractivity contribution in [2.75, 3.05) is 39.8 Å². The van der Waals surface area contributed by atoms with Crippen LogP contribution in [-0.2, 0) is 153 Å². The number of nitrogens with zero attached hydrogens (tertiary/aromatic N) is 7. The number of carbonyl (C=O) groups excluding carboxylic acids is 3. The van der Waals surface area contributed by atoms with Gasteiger partial charge in [0, 0.05) is 109 Å². The molecule has 4 aliphatic heterocycles. The fourth-order valence-electron chi connectivity index (χ4n) is 19.0. The number of amides is 2. The third-order valence-corrected chi connectivity index (χ3v) is 35.6. The highest BCUT2D eigenvalue weighted by Crippen LogP contribution is 2.41. The van der Waals surface area contributed by atoms with Gasteiger partial charge in [-0.3, -0.25) is 22.8 Å². The van der Waals surface area contributed by atoms with E-state index in [0.29, 0.717) is 77.8 Å². The van der Waals surface area contributed by atoms with Crippen molar-refractivity contribution in [2.24, 2.45) is 7.05 Å². The maximum atomic E-state index is 14.3. The Kier molecular flexibility index (Phi) is 32.0. The fraction of sp³-hybridized carbons (Fsp3) is 0.275. The Hall–Kier alpha value is -12.5. The molecular weight excluding hydrogens is 1870 g/mol. The predicted molar refractivity (Wildman–Crippen MR) is 543 cm³/mol. The van der Waals surface area contributed by atoms with E-state index in [-0.39, 0.29) is 70.5 Å². The highest BCUT2D eigenvalue weighted by atomic mass is 32.2. The molecule has 0 radical (unpaired) electrons. The molecule has 2 amide bonds. The van der Waals surface area contributed by atoms with E-state index in [0.717, 1.165) is 121 Å². The molecule has 0 bridgehead atoms. The highest BCUT2D eigenvalue weighted by Gasteiger charge is 2.45. The highest BCUT2D eigenvalue weighted by molar-refractivity contribution is 7.90. The molecule has 722 valence electrons. The Balaban J connectivity index is 0.000000149. The van der Waals surface area contributed by atoms with E-state index in [1.807, 2.05) is 248 Å². The third-order valence-electron chi connectivity index (χ3n) is 25.6. The number of aryl methyl sites for hydroxylation is 11. The predicted octanol–water partition coefficient (Wildman–Crippen LogP) is 16.9. The lowest BCUT2D eigenvalue weighted by atomic mass is 9.91. The number of hydrogen-bond acceptors (Lipinski definition) is 17. The van der Waals surface area contributed by atoms with Gasteiger partial charge in [0.05, 0.1) is 46.9 Å². The topological polar surface area (TPSA) is 319 Å². The summed E-state index contributed by atoms with van der Waals surface area (Å²) in [5, 5.41) is 15.1. The molecule has 2 N–H and O–H groups in total. The molecule has 139 heavy (non-hydrogen) atoms. The fourth-order valence-corrected chi connectivity index (χ4v) is 27.5. The smallest absolute Gasteiger partial charge is 0.324 e. The standard InChI is InChI=1S/C35H38N2O4S2.C27H27N3O3S.C27H29NO5S2.C20H21N3O3S/c1-23-8-6-9-27(18-23)14-15-36-35(38)33-21-31-19-29(28-10-7-11-32(20-28)42(5)39)12-13-30(31)22-37(33)43(40,41)34-25(3)16-24(2)17-26(34)4;1-18-11-19(2)26(20(3)12-18)34(32,33)30-17-24-10-5-4-9-23(24)14-25(30)27(31)29-16-22-8-6-7-21(13-22)15-28;1-17-11-18(2)26(19(3)12-17)35(31,32)28-16-22-10-9-21(13-23(22)15-25(28)27(29)33-4)20-7-6-8-24(14-20)34(5)30;1-22-13-20(21-14-22)27(24,25)23-9-8-17-10-16(6-7-18(17)12-23)15-4-3-5-19(11-15)26-2/h6-13,16-20,33H,14-15,21-22H2,1-5H3,(H,36,38);4-13,25H,14,16-17H2,1-3H3,(H,29,31);6-14,25H,15-16H2,1-5H3;3-7,10-11,13-14H,8-9,12H2,1-2H3. The van der Waals surface area contributed by atoms with Crippen LogP contribution in [0.1, 0.15) is 117 Å². The van der Waals surface area contributed by atoms with Crippen LogP contribution in [-0.4, -0.2) is 145 Å². The molecule has 0 saturated heterocycles. The summed E-state index contributed by atoms with van der Waals surface area (Å²) in [6.07, 6.45) is 8.42. The molecule has 0 aliphatic carbocycles. The van der Waals surface area contributed by atoms with Crippen molar-refractivity contribution >= 4 is 79.5 Å². The Bertz CT molecular complexity index is 7450. The van der Waals surface area contributed by atoms with Gasteiger partial charge in [-0.05, 0) is 266 Å². The molecule has 0 spiro atoms. The van der Waals surface area contributed by atoms with Crippen LogP contribution in [0.5, 0.6) is 5.75 Å². The largest absolute Gasteiger partial charge is 0.497 e. The number of carbonyl (C=O) groups is 3. The molecule has 5 atom stereocenters. The molecule has 17 rings (SSSR count). The summed E-state index contributed by atoms with van der Waals surface area (Å²) in [5.41, 5.74) is 24.0. The molecule has 12 aromatic carbocycles. The summed E-state index contributed by atoms with van der Waals surface area (Å²) in [5.74, 6) is -0.436. The summed E-state index contributed by atoms with van der Waals surface area (Å²) >= 11 is 0. The lowest BCUT2D eigenvalue weighted by Gasteiger charge is -2.36. The molecule has 5 unspecified atom stereocenters. The number of nitrogens with one attached hydrogen (secondary N) is 2. The summed E-state index contributed by atoms with van der Waals surface area (Å²) in [7, 11) is -13.0. The van der Waals surface area contributed by atoms with E-state index in [2.05, 4.69) is 33.8 Å². The van der Waals surface area contributed by atoms with Gasteiger partial charge in [0.15, 0.2) is 5.03 Å². The van der Waals surface area contributed by atoms with Gasteiger partial charge in [0.1, 0.15) is 23.9 Å². The van der Waals surface area contributed by atoms with Gasteiger partial charge in [-0.15, -0.1) is 0 Å². The Morgan fingerprint density at radius 3 is 1.31 bits per heavy atom. The second kappa shape index (κ2) is 43.5. The lowest BCUT2D eigenvalue weighted by molar-refractivity contribution is -0.145. The first-order chi connectivity index (χ1) is 66.1. The summed E-state index contributed by atoms with van der Waals surface area (Å²) in [4.78, 5) is 46.2. The number of esters is 1. The SMILES string of the molecule is COC(=O)C1Cc2cc(-c3cccc(S(C)=O)c3)ccc2CN1S(=O)(=O)c1c(C)cc(C)cc1C.COc1cccc(-c2ccc3c(c2)CCN(S(=O)(=O)c2cn(C)cn2)C3)c1.Cc1cc(C)c(S(=O)(=O)N2Cc3ccccc3CC2C(=O)NCc2cccc(C#N)c2)c(C)c1.Cc1cccc(CCNC(=O)C2Cc3cc(-c4cccc(S(C)=O)c4)ccc3CN2S(=O)(=O)c2c(C)cc(C)cc2C)c1. The summed E-state index contributed by atoms with van der Waals surface area (Å²) in [6, 6.07) is 74.3. The minimum atomic E-state index is -4.00. The molecule has 4 aliphatic rings. The van der Waals surface area contributed by atoms with Crippen LogP contribution in [0, 0.1) is 80.6 Å². The van der Waals surface area contributed by atoms with Crippen LogP contribution >= 0.6 is 0 Å². The Labute approximate surface area is 821 Å². The van der Waals surface area contributed by atoms with Gasteiger partial charge >= 0.3 is 5.97 Å². The molecule has 0 saturated carbocycles. The van der Waals surface area contributed by atoms with Crippen molar-refractivity contribution in [1.82, 2.24) is 37.4 Å². The quantitative estimate of drug-likeness (QED) is 0.0595. The number of sulfonamides is 4. The molecule has 24 nitrogen and oxygen atoms in total. The first-order valence-electron chi connectivity index (χ1n) is 45.5. The summed E-state index contributed by atoms with van der Waals surface area (Å²) < 4.78 is 151. The Morgan fingerprint density at radius 2 is 0.842 bits per heavy atom. The van der Waals surface area contributed by atoms with Gasteiger partial charge in [0.2, 0.25) is 41.9 Å². The number of benzene rings is 12. The molecule has 5 heterocycles. The zero-order valence-electron chi connectivity index (χ0n) is 80.6. The lowest BCUT2D eigenvalue weighted by Crippen LogP contribution is -2.52. The van der Waals surface area contributed by atoms with Gasteiger partial charge in [-0.1, -0.05) is 210 Å². The number of hydrogen-bond donors (Lipinski definition) is 2. The van der Waals surface area contributed by atoms with Crippen LogP contribution in [0.2, 0.25) is 0 Å². The van der Waals surface area contributed by atoms with Gasteiger partial charge in [-0.2, -0.15) is 22.5 Å². The van der Waals surface area contributed by atoms with Crippen molar-refractivity contribution in [3.63, 3.8) is 0 Å². The number of methoxy groups -OCH3 is 2. The first kappa shape index (κ1) is 102. The second-order valence-electron chi connectivity index (χ2n) is 36.0. The molecule has 0 fully saturated rings. The van der Waals surface area contributed by atoms with Crippen molar-refractivity contribution in [1.29, 1.82) is 5.26 Å². The zero-order chi connectivity index (χ0) is 99.9. The average Bonchev–Trinajstić information content (AvgIpc) is 1.17. The van der Waals surface area contributed by atoms with E-state index >= 15 is 0 Å². The molecule has 13 aromatic rings. The maximum Gasteiger partial charge on any atom is 0.324 e. The first-order valence-corrected chi connectivity index (χ1v) is 54.4. The van der Waals surface area contributed by atoms with E-state index in [9.17, 15) is 56.5 Å². The summed E-state index contributed by atoms with van der Waals surface area (Å²) in [6.45, 7) is 20.4. The number of rotatable bonds is 22. The van der Waals surface area contributed by atoms with E-state index in [4.69, 9.17) is 14.7 Å². The van der Waals surface area contributed by atoms with Gasteiger partial charge in [0.25, 0.3) is 10.0 Å². The van der Waals surface area contributed by atoms with Crippen LogP contribution in [0.15, 0.2) is 279 Å². The van der Waals surface area contributed by atoms with Crippen molar-refractivity contribution < 1.29 is 65.9 Å². The second-order valence-corrected chi connectivity index (χ2v) is 46.1. The molecule has 1 aromatic heterocycles. The van der Waals surface area contributed by atoms with Crippen LogP contribution in [0.4, 0.5) is 0 Å². The van der Waals surface area contributed by atoms with E-state index < -0.39 is 85.8 Å². The number of imidazole rings is 1. The van der Waals surface area contributed by atoms with Gasteiger partial charge < -0.3 is 24.7 Å². The van der Waals surface area contributed by atoms with Crippen LogP contribution in [0.3, 0.4) is 0 Å². The average molecular weight is 1980 g/mol. The minimum absolute atomic E-state index is 0.0729. The monoisotopic (exact) mass is 1980 g/mol. The number of aromatic nitrogens is 2. The normalized spacial score (nSPS) is 16.0. The van der Waals surface area contributed by atoms with Crippen molar-refractivity contribution in [3.05, 3.63) is 366 Å². The van der Waals surface area contributed by atoms with Crippen molar-refractivity contribution in [3.8, 4) is 45.2 Å². The van der Waals surface area contributed by atoms with E-state index in [1.165, 1.54) is 42.4 Å². The number of ether oxygens (including phenoxy) is 2. The minimum Gasteiger partial charge on any atom is -0.497 e. The molecule has 30 heteroatoms. The number of fused-ring (bicyclic) bond motifs is 4. The van der Waals surface area contributed by atoms with Crippen molar-refractivity contribution in [2.45, 2.75) is 182 Å². The Morgan fingerprint density at radius 1 is 0.424 bits per heavy atom. The number of nitriles is 1. The maximum absolute atomic E-state index is 14.3.